The molecule has 3 aromatic rings. The number of nitrogens with zero attached hydrogens (tertiary/aromatic N) is 4. The maximum atomic E-state index is 13.3. The molecule has 0 fully saturated rings. The topological polar surface area (TPSA) is 88.8 Å². The van der Waals surface area contributed by atoms with Crippen LogP contribution in [0.4, 0.5) is 10.8 Å². The molecule has 1 amide bonds. The highest BCUT2D eigenvalue weighted by Crippen LogP contribution is 2.32. The first-order chi connectivity index (χ1) is 14.5. The number of rotatable bonds is 9. The molecule has 0 N–H and O–H groups in total. The molecule has 0 saturated carbocycles. The second kappa shape index (κ2) is 11.0. The molecule has 2 aromatic carbocycles. The minimum Gasteiger partial charge on any atom is -0.497 e. The number of hydrogen-bond acceptors (Lipinski definition) is 7. The molecule has 8 nitrogen and oxygen atoms in total. The van der Waals surface area contributed by atoms with E-state index in [0.29, 0.717) is 29.5 Å². The molecule has 0 bridgehead atoms. The Morgan fingerprint density at radius 1 is 1.13 bits per heavy atom. The standard InChI is InChI=1S/C21H24N4O4S.ClH/c1-4-23(5-2)12-13-24(20(26)15-6-8-16(9-7-15)25(27)28)21-22-18-14-17(29-3)10-11-19(18)30-21;/h6-11,14H,4-5,12-13H2,1-3H3;1H. The number of non-ortho nitro benzene ring substituents is 1. The van der Waals surface area contributed by atoms with Gasteiger partial charge in [-0.15, -0.1) is 12.4 Å². The summed E-state index contributed by atoms with van der Waals surface area (Å²) in [5, 5.41) is 11.5. The number of benzene rings is 2. The molecule has 10 heteroatoms. The maximum Gasteiger partial charge on any atom is 0.269 e. The number of halogens is 1. The maximum absolute atomic E-state index is 13.3. The van der Waals surface area contributed by atoms with E-state index in [1.165, 1.54) is 35.6 Å². The molecule has 0 unspecified atom stereocenters. The average molecular weight is 465 g/mol. The lowest BCUT2D eigenvalue weighted by molar-refractivity contribution is -0.384. The van der Waals surface area contributed by atoms with Crippen molar-refractivity contribution in [2.24, 2.45) is 0 Å². The van der Waals surface area contributed by atoms with Crippen molar-refractivity contribution >= 4 is 50.7 Å². The van der Waals surface area contributed by atoms with E-state index in [4.69, 9.17) is 4.74 Å². The van der Waals surface area contributed by atoms with Gasteiger partial charge < -0.3 is 9.64 Å². The zero-order valence-electron chi connectivity index (χ0n) is 17.6. The van der Waals surface area contributed by atoms with Gasteiger partial charge in [-0.25, -0.2) is 4.98 Å². The van der Waals surface area contributed by atoms with Gasteiger partial charge in [-0.2, -0.15) is 0 Å². The quantitative estimate of drug-likeness (QED) is 0.339. The van der Waals surface area contributed by atoms with Crippen LogP contribution < -0.4 is 9.64 Å². The second-order valence-corrected chi connectivity index (χ2v) is 7.63. The number of nitro benzene ring substituents is 1. The predicted molar refractivity (Wildman–Crippen MR) is 126 cm³/mol. The van der Waals surface area contributed by atoms with E-state index in [9.17, 15) is 14.9 Å². The molecule has 0 spiro atoms. The number of thiazole rings is 1. The van der Waals surface area contributed by atoms with Crippen molar-refractivity contribution in [1.82, 2.24) is 9.88 Å². The van der Waals surface area contributed by atoms with Crippen LogP contribution in [0.3, 0.4) is 0 Å². The Balaban J connectivity index is 0.00000341. The van der Waals surface area contributed by atoms with Crippen molar-refractivity contribution in [2.45, 2.75) is 13.8 Å². The van der Waals surface area contributed by atoms with Gasteiger partial charge in [0.25, 0.3) is 11.6 Å². The lowest BCUT2D eigenvalue weighted by Crippen LogP contribution is -2.38. The molecule has 1 aromatic heterocycles. The van der Waals surface area contributed by atoms with E-state index in [-0.39, 0.29) is 24.0 Å². The molecule has 0 aliphatic heterocycles. The van der Waals surface area contributed by atoms with Crippen molar-refractivity contribution < 1.29 is 14.5 Å². The fourth-order valence-electron chi connectivity index (χ4n) is 3.08. The third-order valence-corrected chi connectivity index (χ3v) is 5.98. The van der Waals surface area contributed by atoms with Gasteiger partial charge in [0.2, 0.25) is 0 Å². The van der Waals surface area contributed by atoms with Crippen molar-refractivity contribution in [1.29, 1.82) is 0 Å². The average Bonchev–Trinajstić information content (AvgIpc) is 3.19. The Bertz CT molecular complexity index is 1040. The Kier molecular flexibility index (Phi) is 8.73. The SMILES string of the molecule is CCN(CC)CCN(C(=O)c1ccc([N+](=O)[O-])cc1)c1nc2cc(OC)ccc2s1.Cl. The molecule has 1 heterocycles. The van der Waals surface area contributed by atoms with Crippen LogP contribution in [0.2, 0.25) is 0 Å². The molecular weight excluding hydrogens is 440 g/mol. The summed E-state index contributed by atoms with van der Waals surface area (Å²) in [4.78, 5) is 32.3. The molecule has 0 aliphatic carbocycles. The van der Waals surface area contributed by atoms with Crippen LogP contribution in [0, 0.1) is 10.1 Å². The highest BCUT2D eigenvalue weighted by Gasteiger charge is 2.22. The van der Waals surface area contributed by atoms with Gasteiger partial charge in [-0.05, 0) is 37.4 Å². The fourth-order valence-corrected chi connectivity index (χ4v) is 4.05. The highest BCUT2D eigenvalue weighted by atomic mass is 35.5. The molecule has 0 saturated heterocycles. The van der Waals surface area contributed by atoms with E-state index in [2.05, 4.69) is 23.7 Å². The minimum atomic E-state index is -0.479. The number of likely N-dealkylation sites (N-methyl/N-ethyl adjacent to an activating group) is 1. The molecule has 0 aliphatic rings. The number of ether oxygens (including phenoxy) is 1. The Morgan fingerprint density at radius 2 is 1.81 bits per heavy atom. The Morgan fingerprint density at radius 3 is 2.39 bits per heavy atom. The summed E-state index contributed by atoms with van der Waals surface area (Å²) in [6.45, 7) is 7.09. The van der Waals surface area contributed by atoms with Gasteiger partial charge in [-0.1, -0.05) is 25.2 Å². The molecule has 0 radical (unpaired) electrons. The van der Waals surface area contributed by atoms with Crippen LogP contribution in [0.15, 0.2) is 42.5 Å². The summed E-state index contributed by atoms with van der Waals surface area (Å²) in [6.07, 6.45) is 0. The number of hydrogen-bond donors (Lipinski definition) is 0. The van der Waals surface area contributed by atoms with Crippen molar-refractivity contribution in [3.05, 3.63) is 58.1 Å². The van der Waals surface area contributed by atoms with Crippen molar-refractivity contribution in [3.63, 3.8) is 0 Å². The summed E-state index contributed by atoms with van der Waals surface area (Å²) in [5.41, 5.74) is 1.10. The summed E-state index contributed by atoms with van der Waals surface area (Å²) in [7, 11) is 1.60. The highest BCUT2D eigenvalue weighted by molar-refractivity contribution is 7.22. The molecule has 0 atom stereocenters. The summed E-state index contributed by atoms with van der Waals surface area (Å²) < 4.78 is 6.22. The number of fused-ring (bicyclic) bond motifs is 1. The molecule has 31 heavy (non-hydrogen) atoms. The Labute approximate surface area is 191 Å². The van der Waals surface area contributed by atoms with Gasteiger partial charge in [-0.3, -0.25) is 19.8 Å². The number of carbonyl (C=O) groups excluding carboxylic acids is 1. The van der Waals surface area contributed by atoms with Gasteiger partial charge in [0.05, 0.1) is 22.2 Å². The van der Waals surface area contributed by atoms with Crippen molar-refractivity contribution in [3.8, 4) is 5.75 Å². The molecular formula is C21H25ClN4O4S. The number of aromatic nitrogens is 1. The van der Waals surface area contributed by atoms with Crippen LogP contribution in [-0.2, 0) is 0 Å². The first-order valence-corrected chi connectivity index (χ1v) is 10.5. The predicted octanol–water partition coefficient (Wildman–Crippen LogP) is 4.62. The van der Waals surface area contributed by atoms with Crippen LogP contribution in [0.5, 0.6) is 5.75 Å². The van der Waals surface area contributed by atoms with E-state index in [0.717, 1.165) is 23.3 Å². The lowest BCUT2D eigenvalue weighted by Gasteiger charge is -2.24. The van der Waals surface area contributed by atoms with Crippen molar-refractivity contribution in [2.75, 3.05) is 38.2 Å². The number of carbonyl (C=O) groups is 1. The van der Waals surface area contributed by atoms with E-state index < -0.39 is 4.92 Å². The normalized spacial score (nSPS) is 10.7. The zero-order chi connectivity index (χ0) is 21.7. The largest absolute Gasteiger partial charge is 0.497 e. The number of nitro groups is 1. The van der Waals surface area contributed by atoms with Gasteiger partial charge in [0, 0.05) is 36.9 Å². The summed E-state index contributed by atoms with van der Waals surface area (Å²) in [6, 6.07) is 11.3. The molecule has 166 valence electrons. The number of amides is 1. The molecule has 3 rings (SSSR count). The third kappa shape index (κ3) is 5.69. The van der Waals surface area contributed by atoms with E-state index in [1.807, 2.05) is 18.2 Å². The van der Waals surface area contributed by atoms with Gasteiger partial charge in [0.1, 0.15) is 5.75 Å². The van der Waals surface area contributed by atoms with Gasteiger partial charge >= 0.3 is 0 Å². The van der Waals surface area contributed by atoms with E-state index in [1.54, 1.807) is 12.0 Å². The summed E-state index contributed by atoms with van der Waals surface area (Å²) >= 11 is 1.43. The van der Waals surface area contributed by atoms with Crippen LogP contribution in [-0.4, -0.2) is 54.0 Å². The first kappa shape index (κ1) is 24.5. The minimum absolute atomic E-state index is 0. The number of anilines is 1. The summed E-state index contributed by atoms with van der Waals surface area (Å²) in [5.74, 6) is 0.471. The fraction of sp³-hybridized carbons (Fsp3) is 0.333. The zero-order valence-corrected chi connectivity index (χ0v) is 19.2. The first-order valence-electron chi connectivity index (χ1n) is 9.70. The third-order valence-electron chi connectivity index (χ3n) is 4.92. The second-order valence-electron chi connectivity index (χ2n) is 6.62. The monoisotopic (exact) mass is 464 g/mol. The van der Waals surface area contributed by atoms with Gasteiger partial charge in [0.15, 0.2) is 5.13 Å². The van der Waals surface area contributed by atoms with E-state index >= 15 is 0 Å². The smallest absolute Gasteiger partial charge is 0.269 e. The van der Waals surface area contributed by atoms with Crippen LogP contribution >= 0.6 is 23.7 Å². The number of methoxy groups -OCH3 is 1. The lowest BCUT2D eigenvalue weighted by atomic mass is 10.2. The van der Waals surface area contributed by atoms with Crippen LogP contribution in [0.25, 0.3) is 10.2 Å². The van der Waals surface area contributed by atoms with Crippen LogP contribution in [0.1, 0.15) is 24.2 Å². The Hall–Kier alpha value is -2.75.